The third kappa shape index (κ3) is 3.29. The van der Waals surface area contributed by atoms with Gasteiger partial charge in [0, 0.05) is 22.0 Å². The lowest BCUT2D eigenvalue weighted by molar-refractivity contribution is 0.903. The molecule has 3 nitrogen and oxygen atoms in total. The molecule has 3 N–H and O–H groups in total. The molecule has 6 heteroatoms. The number of anilines is 1. The number of nitrogens with zero attached hydrogens (tertiary/aromatic N) is 1. The van der Waals surface area contributed by atoms with E-state index in [-0.39, 0.29) is 6.04 Å². The molecule has 0 aliphatic heterocycles. The van der Waals surface area contributed by atoms with Gasteiger partial charge in [-0.1, -0.05) is 23.8 Å². The summed E-state index contributed by atoms with van der Waals surface area (Å²) in [5.41, 5.74) is 9.31. The second kappa shape index (κ2) is 6.08. The Kier molecular flexibility index (Phi) is 4.62. The summed E-state index contributed by atoms with van der Waals surface area (Å²) in [4.78, 5) is 5.93. The van der Waals surface area contributed by atoms with Crippen LogP contribution in [0.15, 0.2) is 18.2 Å². The van der Waals surface area contributed by atoms with Gasteiger partial charge in [0.25, 0.3) is 0 Å². The number of nitrogens with two attached hydrogens (primary N) is 1. The lowest BCUT2D eigenvalue weighted by Crippen LogP contribution is -2.17. The molecular weight excluding hydrogens is 310 g/mol. The Balaban J connectivity index is 2.35. The van der Waals surface area contributed by atoms with Crippen molar-refractivity contribution < 1.29 is 0 Å². The van der Waals surface area contributed by atoms with Crippen molar-refractivity contribution in [3.63, 3.8) is 0 Å². The molecule has 0 bridgehead atoms. The van der Waals surface area contributed by atoms with Crippen LogP contribution < -0.4 is 11.1 Å². The van der Waals surface area contributed by atoms with Gasteiger partial charge in [-0.15, -0.1) is 11.3 Å². The minimum atomic E-state index is 0.127. The monoisotopic (exact) mass is 325 g/mol. The minimum Gasteiger partial charge on any atom is -0.389 e. The lowest BCUT2D eigenvalue weighted by atomic mass is 10.1. The molecule has 2 aromatic heterocycles. The van der Waals surface area contributed by atoms with Crippen molar-refractivity contribution in [2.45, 2.75) is 26.8 Å². The first-order chi connectivity index (χ1) is 9.38. The highest BCUT2D eigenvalue weighted by atomic mass is 35.5. The number of aromatic nitrogens is 1. The van der Waals surface area contributed by atoms with Crippen LogP contribution in [0, 0.1) is 13.8 Å². The van der Waals surface area contributed by atoms with Gasteiger partial charge in [-0.3, -0.25) is 4.98 Å². The summed E-state index contributed by atoms with van der Waals surface area (Å²) in [6.07, 6.45) is 0. The number of rotatable bonds is 4. The van der Waals surface area contributed by atoms with Gasteiger partial charge in [0.15, 0.2) is 0 Å². The molecule has 2 aromatic rings. The largest absolute Gasteiger partial charge is 0.389 e. The Hall–Kier alpha value is -1.17. The van der Waals surface area contributed by atoms with E-state index >= 15 is 0 Å². The Morgan fingerprint density at radius 3 is 2.70 bits per heavy atom. The van der Waals surface area contributed by atoms with Crippen molar-refractivity contribution in [2.24, 2.45) is 5.73 Å². The van der Waals surface area contributed by atoms with Crippen molar-refractivity contribution in [1.82, 2.24) is 4.98 Å². The molecule has 20 heavy (non-hydrogen) atoms. The Labute approximate surface area is 133 Å². The maximum absolute atomic E-state index is 5.98. The highest BCUT2D eigenvalue weighted by molar-refractivity contribution is 7.80. The van der Waals surface area contributed by atoms with Crippen molar-refractivity contribution in [3.8, 4) is 0 Å². The van der Waals surface area contributed by atoms with Crippen LogP contribution in [0.2, 0.25) is 4.34 Å². The fourth-order valence-corrected chi connectivity index (χ4v) is 3.44. The quantitative estimate of drug-likeness (QED) is 0.826. The number of thiophene rings is 1. The summed E-state index contributed by atoms with van der Waals surface area (Å²) in [6.45, 7) is 5.95. The Bertz CT molecular complexity index is 652. The van der Waals surface area contributed by atoms with Gasteiger partial charge in [0.05, 0.1) is 15.9 Å². The maximum atomic E-state index is 5.98. The normalized spacial score (nSPS) is 12.2. The molecule has 106 valence electrons. The smallest absolute Gasteiger partial charge is 0.107 e. The van der Waals surface area contributed by atoms with Gasteiger partial charge in [-0.05, 0) is 39.0 Å². The standard InChI is InChI=1S/C14H16ClN3S2/c1-7-6-10(13(14(16)19)9(3)17-7)18-8(2)11-4-5-12(15)20-11/h4-6,8H,1-3H3,(H2,16,19)(H,17,18). The molecule has 2 heterocycles. The number of thiocarbonyl (C=S) groups is 1. The second-order valence-corrected chi connectivity index (χ2v) is 6.83. The summed E-state index contributed by atoms with van der Waals surface area (Å²) in [7, 11) is 0. The average molecular weight is 326 g/mol. The highest BCUT2D eigenvalue weighted by Crippen LogP contribution is 2.30. The van der Waals surface area contributed by atoms with Gasteiger partial charge >= 0.3 is 0 Å². The fourth-order valence-electron chi connectivity index (χ4n) is 2.12. The van der Waals surface area contributed by atoms with Crippen LogP contribution in [0.5, 0.6) is 0 Å². The summed E-state index contributed by atoms with van der Waals surface area (Å²) >= 11 is 12.7. The molecule has 0 aliphatic carbocycles. The molecule has 1 unspecified atom stereocenters. The molecule has 0 aliphatic rings. The molecule has 0 radical (unpaired) electrons. The predicted octanol–water partition coefficient (Wildman–Crippen LogP) is 4.22. The van der Waals surface area contributed by atoms with Crippen molar-refractivity contribution >= 4 is 45.8 Å². The van der Waals surface area contributed by atoms with Crippen LogP contribution in [0.4, 0.5) is 5.69 Å². The van der Waals surface area contributed by atoms with E-state index in [1.54, 1.807) is 11.3 Å². The molecular formula is C14H16ClN3S2. The first-order valence-corrected chi connectivity index (χ1v) is 7.78. The van der Waals surface area contributed by atoms with E-state index < -0.39 is 0 Å². The average Bonchev–Trinajstić information content (AvgIpc) is 2.74. The molecule has 0 amide bonds. The van der Waals surface area contributed by atoms with E-state index in [9.17, 15) is 0 Å². The number of halogens is 1. The molecule has 2 rings (SSSR count). The zero-order chi connectivity index (χ0) is 14.9. The maximum Gasteiger partial charge on any atom is 0.107 e. The first-order valence-electron chi connectivity index (χ1n) is 6.18. The molecule has 0 aromatic carbocycles. The summed E-state index contributed by atoms with van der Waals surface area (Å²) in [5.74, 6) is 0. The molecule has 0 saturated carbocycles. The van der Waals surface area contributed by atoms with Gasteiger partial charge in [0.2, 0.25) is 0 Å². The summed E-state index contributed by atoms with van der Waals surface area (Å²) in [6, 6.07) is 6.01. The van der Waals surface area contributed by atoms with Crippen molar-refractivity contribution in [3.05, 3.63) is 44.4 Å². The van der Waals surface area contributed by atoms with E-state index in [1.807, 2.05) is 32.0 Å². The summed E-state index contributed by atoms with van der Waals surface area (Å²) < 4.78 is 0.783. The number of pyridine rings is 1. The van der Waals surface area contributed by atoms with E-state index in [1.165, 1.54) is 0 Å². The Morgan fingerprint density at radius 2 is 2.15 bits per heavy atom. The summed E-state index contributed by atoms with van der Waals surface area (Å²) in [5, 5.41) is 3.45. The predicted molar refractivity (Wildman–Crippen MR) is 91.0 cm³/mol. The number of nitrogens with one attached hydrogen (secondary N) is 1. The highest BCUT2D eigenvalue weighted by Gasteiger charge is 2.15. The van der Waals surface area contributed by atoms with Crippen LogP contribution in [-0.4, -0.2) is 9.97 Å². The first kappa shape index (κ1) is 15.2. The van der Waals surface area contributed by atoms with Crippen molar-refractivity contribution in [1.29, 1.82) is 0 Å². The molecule has 0 fully saturated rings. The third-order valence-corrected chi connectivity index (χ3v) is 4.59. The molecule has 0 saturated heterocycles. The Morgan fingerprint density at radius 1 is 1.45 bits per heavy atom. The second-order valence-electron chi connectivity index (χ2n) is 4.64. The minimum absolute atomic E-state index is 0.127. The topological polar surface area (TPSA) is 50.9 Å². The third-order valence-electron chi connectivity index (χ3n) is 2.97. The van der Waals surface area contributed by atoms with Crippen LogP contribution in [-0.2, 0) is 0 Å². The van der Waals surface area contributed by atoms with E-state index in [0.717, 1.165) is 31.9 Å². The number of hydrogen-bond acceptors (Lipinski definition) is 4. The SMILES string of the molecule is Cc1cc(NC(C)c2ccc(Cl)s2)c(C(N)=S)c(C)n1. The van der Waals surface area contributed by atoms with E-state index in [2.05, 4.69) is 17.2 Å². The van der Waals surface area contributed by atoms with Gasteiger partial charge in [0.1, 0.15) is 4.99 Å². The van der Waals surface area contributed by atoms with Crippen molar-refractivity contribution in [2.75, 3.05) is 5.32 Å². The van der Waals surface area contributed by atoms with Gasteiger partial charge in [-0.2, -0.15) is 0 Å². The van der Waals surface area contributed by atoms with E-state index in [4.69, 9.17) is 29.6 Å². The number of hydrogen-bond donors (Lipinski definition) is 2. The van der Waals surface area contributed by atoms with Crippen LogP contribution >= 0.6 is 35.2 Å². The van der Waals surface area contributed by atoms with Crippen LogP contribution in [0.1, 0.15) is 34.8 Å². The number of aryl methyl sites for hydroxylation is 2. The lowest BCUT2D eigenvalue weighted by Gasteiger charge is -2.18. The van der Waals surface area contributed by atoms with Gasteiger partial charge < -0.3 is 11.1 Å². The zero-order valence-electron chi connectivity index (χ0n) is 11.5. The molecule has 0 spiro atoms. The van der Waals surface area contributed by atoms with Crippen LogP contribution in [0.25, 0.3) is 0 Å². The zero-order valence-corrected chi connectivity index (χ0v) is 13.9. The molecule has 1 atom stereocenters. The van der Waals surface area contributed by atoms with Gasteiger partial charge in [-0.25, -0.2) is 0 Å². The fraction of sp³-hybridized carbons (Fsp3) is 0.286. The van der Waals surface area contributed by atoms with Crippen LogP contribution in [0.3, 0.4) is 0 Å². The van der Waals surface area contributed by atoms with E-state index in [0.29, 0.717) is 4.99 Å².